The molecule has 4 N–H and O–H groups in total. The summed E-state index contributed by atoms with van der Waals surface area (Å²) in [5.41, 5.74) is 4.63. The fourth-order valence-electron chi connectivity index (χ4n) is 0.214. The standard InChI is InChI=1S/C3H8ClN3/c1-2(4)7-3(5)6/h2H,1H3,(H4,5,6,7). The fraction of sp³-hybridized carbons (Fsp3) is 0.667. The van der Waals surface area contributed by atoms with Crippen molar-refractivity contribution in [1.29, 1.82) is 5.41 Å². The molecule has 0 rings (SSSR count). The molecule has 0 saturated heterocycles. The monoisotopic (exact) mass is 121 g/mol. The van der Waals surface area contributed by atoms with Gasteiger partial charge in [0.05, 0.1) is 0 Å². The molecule has 0 aliphatic rings. The molecule has 1 unspecified atom stereocenters. The largest absolute Gasteiger partial charge is 0.370 e. The van der Waals surface area contributed by atoms with Gasteiger partial charge in [0.2, 0.25) is 0 Å². The summed E-state index contributed by atoms with van der Waals surface area (Å²) >= 11 is 5.34. The predicted molar refractivity (Wildman–Crippen MR) is 30.4 cm³/mol. The minimum atomic E-state index is -0.252. The van der Waals surface area contributed by atoms with Crippen LogP contribution in [0.15, 0.2) is 0 Å². The Morgan fingerprint density at radius 3 is 2.43 bits per heavy atom. The Hall–Kier alpha value is -0.440. The molecular formula is C3H8ClN3. The average Bonchev–Trinajstić information content (AvgIpc) is 1.27. The lowest BCUT2D eigenvalue weighted by Gasteiger charge is -2.02. The number of rotatable bonds is 1. The Morgan fingerprint density at radius 1 is 2.00 bits per heavy atom. The summed E-state index contributed by atoms with van der Waals surface area (Å²) in [7, 11) is 0. The first-order chi connectivity index (χ1) is 3.13. The van der Waals surface area contributed by atoms with Crippen LogP contribution in [0.5, 0.6) is 0 Å². The van der Waals surface area contributed by atoms with Gasteiger partial charge in [0.25, 0.3) is 0 Å². The highest BCUT2D eigenvalue weighted by Crippen LogP contribution is 1.82. The Morgan fingerprint density at radius 2 is 2.43 bits per heavy atom. The van der Waals surface area contributed by atoms with Gasteiger partial charge in [-0.25, -0.2) is 0 Å². The molecule has 0 bridgehead atoms. The van der Waals surface area contributed by atoms with Crippen LogP contribution in [0, 0.1) is 5.41 Å². The minimum absolute atomic E-state index is 0.0949. The second-order valence-electron chi connectivity index (χ2n) is 1.17. The zero-order valence-electron chi connectivity index (χ0n) is 4.03. The van der Waals surface area contributed by atoms with Crippen molar-refractivity contribution in [1.82, 2.24) is 5.32 Å². The van der Waals surface area contributed by atoms with Crippen molar-refractivity contribution in [3.8, 4) is 0 Å². The molecule has 7 heavy (non-hydrogen) atoms. The highest BCUT2D eigenvalue weighted by Gasteiger charge is 1.90. The molecule has 0 heterocycles. The first kappa shape index (κ1) is 6.56. The zero-order valence-corrected chi connectivity index (χ0v) is 4.79. The molecular weight excluding hydrogens is 114 g/mol. The third kappa shape index (κ3) is 5.56. The van der Waals surface area contributed by atoms with Crippen molar-refractivity contribution < 1.29 is 0 Å². The van der Waals surface area contributed by atoms with Crippen LogP contribution in [0.1, 0.15) is 6.92 Å². The van der Waals surface area contributed by atoms with Gasteiger partial charge in [-0.1, -0.05) is 11.6 Å². The summed E-state index contributed by atoms with van der Waals surface area (Å²) in [6.07, 6.45) is 0. The summed E-state index contributed by atoms with van der Waals surface area (Å²) in [5.74, 6) is -0.0949. The van der Waals surface area contributed by atoms with Gasteiger partial charge in [-0.15, -0.1) is 0 Å². The van der Waals surface area contributed by atoms with E-state index in [4.69, 9.17) is 22.7 Å². The van der Waals surface area contributed by atoms with Crippen molar-refractivity contribution in [3.63, 3.8) is 0 Å². The lowest BCUT2D eigenvalue weighted by Crippen LogP contribution is -2.34. The second kappa shape index (κ2) is 2.69. The van der Waals surface area contributed by atoms with Crippen LogP contribution in [-0.4, -0.2) is 11.5 Å². The van der Waals surface area contributed by atoms with E-state index in [1.807, 2.05) is 0 Å². The smallest absolute Gasteiger partial charge is 0.186 e. The summed E-state index contributed by atoms with van der Waals surface area (Å²) in [4.78, 5) is 0. The number of guanidine groups is 1. The number of hydrogen-bond acceptors (Lipinski definition) is 1. The highest BCUT2D eigenvalue weighted by molar-refractivity contribution is 6.20. The highest BCUT2D eigenvalue weighted by atomic mass is 35.5. The minimum Gasteiger partial charge on any atom is -0.370 e. The molecule has 0 aromatic rings. The van der Waals surface area contributed by atoms with Crippen molar-refractivity contribution in [2.24, 2.45) is 5.73 Å². The van der Waals surface area contributed by atoms with E-state index in [2.05, 4.69) is 5.32 Å². The van der Waals surface area contributed by atoms with Crippen LogP contribution >= 0.6 is 11.6 Å². The van der Waals surface area contributed by atoms with Crippen LogP contribution in [0.4, 0.5) is 0 Å². The van der Waals surface area contributed by atoms with Crippen LogP contribution < -0.4 is 11.1 Å². The third-order valence-electron chi connectivity index (χ3n) is 0.354. The van der Waals surface area contributed by atoms with E-state index in [1.54, 1.807) is 6.92 Å². The predicted octanol–water partition coefficient (Wildman–Crippen LogP) is 0.0543. The van der Waals surface area contributed by atoms with Crippen molar-refractivity contribution >= 4 is 17.6 Å². The summed E-state index contributed by atoms with van der Waals surface area (Å²) < 4.78 is 0. The topological polar surface area (TPSA) is 61.9 Å². The maximum atomic E-state index is 6.61. The van der Waals surface area contributed by atoms with Crippen molar-refractivity contribution in [2.75, 3.05) is 0 Å². The van der Waals surface area contributed by atoms with E-state index in [0.29, 0.717) is 0 Å². The lowest BCUT2D eigenvalue weighted by molar-refractivity contribution is 0.871. The SMILES string of the molecule is CC(Cl)NC(=N)N. The van der Waals surface area contributed by atoms with Gasteiger partial charge in [0.15, 0.2) is 5.96 Å². The molecule has 0 aromatic heterocycles. The van der Waals surface area contributed by atoms with Gasteiger partial charge < -0.3 is 11.1 Å². The second-order valence-corrected chi connectivity index (χ2v) is 1.83. The molecule has 42 valence electrons. The Kier molecular flexibility index (Phi) is 2.52. The Balaban J connectivity index is 3.13. The molecule has 0 aromatic carbocycles. The molecule has 1 atom stereocenters. The summed E-state index contributed by atoms with van der Waals surface area (Å²) in [6, 6.07) is 0. The molecule has 4 heteroatoms. The molecule has 0 radical (unpaired) electrons. The van der Waals surface area contributed by atoms with Gasteiger partial charge in [-0.05, 0) is 6.92 Å². The number of alkyl halides is 1. The van der Waals surface area contributed by atoms with Gasteiger partial charge in [0.1, 0.15) is 5.50 Å². The van der Waals surface area contributed by atoms with Crippen LogP contribution in [0.25, 0.3) is 0 Å². The maximum absolute atomic E-state index is 6.61. The van der Waals surface area contributed by atoms with E-state index in [9.17, 15) is 0 Å². The normalized spacial score (nSPS) is 12.9. The fourth-order valence-corrected chi connectivity index (χ4v) is 0.332. The summed E-state index contributed by atoms with van der Waals surface area (Å²) in [6.45, 7) is 1.70. The first-order valence-corrected chi connectivity index (χ1v) is 2.31. The molecule has 0 amide bonds. The van der Waals surface area contributed by atoms with E-state index in [1.165, 1.54) is 0 Å². The Labute approximate surface area is 47.3 Å². The zero-order chi connectivity index (χ0) is 5.86. The molecule has 0 aliphatic heterocycles. The van der Waals surface area contributed by atoms with E-state index in [0.717, 1.165) is 0 Å². The van der Waals surface area contributed by atoms with Gasteiger partial charge >= 0.3 is 0 Å². The van der Waals surface area contributed by atoms with E-state index in [-0.39, 0.29) is 11.5 Å². The van der Waals surface area contributed by atoms with Gasteiger partial charge in [-0.2, -0.15) is 0 Å². The quantitative estimate of drug-likeness (QED) is 0.199. The first-order valence-electron chi connectivity index (χ1n) is 1.87. The number of nitrogens with two attached hydrogens (primary N) is 1. The number of halogens is 1. The van der Waals surface area contributed by atoms with Gasteiger partial charge in [0, 0.05) is 0 Å². The summed E-state index contributed by atoms with van der Waals surface area (Å²) in [5, 5.41) is 9.04. The third-order valence-corrected chi connectivity index (χ3v) is 0.464. The van der Waals surface area contributed by atoms with Gasteiger partial charge in [-0.3, -0.25) is 5.41 Å². The van der Waals surface area contributed by atoms with Crippen molar-refractivity contribution in [3.05, 3.63) is 0 Å². The maximum Gasteiger partial charge on any atom is 0.186 e. The number of nitrogens with one attached hydrogen (secondary N) is 2. The van der Waals surface area contributed by atoms with E-state index >= 15 is 0 Å². The van der Waals surface area contributed by atoms with Crippen LogP contribution in [0.3, 0.4) is 0 Å². The molecule has 3 nitrogen and oxygen atoms in total. The molecule has 0 spiro atoms. The van der Waals surface area contributed by atoms with Crippen molar-refractivity contribution in [2.45, 2.75) is 12.4 Å². The number of hydrogen-bond donors (Lipinski definition) is 3. The van der Waals surface area contributed by atoms with Crippen LogP contribution in [0.2, 0.25) is 0 Å². The lowest BCUT2D eigenvalue weighted by atomic mass is 10.7. The molecule has 0 aliphatic carbocycles. The average molecular weight is 122 g/mol. The Bertz CT molecular complexity index is 70.6. The molecule has 0 fully saturated rings. The molecule has 0 saturated carbocycles. The van der Waals surface area contributed by atoms with Crippen LogP contribution in [-0.2, 0) is 0 Å². The van der Waals surface area contributed by atoms with E-state index < -0.39 is 0 Å².